The lowest BCUT2D eigenvalue weighted by Gasteiger charge is -2.15. The van der Waals surface area contributed by atoms with Crippen LogP contribution in [0.3, 0.4) is 0 Å². The highest BCUT2D eigenvalue weighted by atomic mass is 127. The van der Waals surface area contributed by atoms with Gasteiger partial charge < -0.3 is 20.5 Å². The number of aryl methyl sites for hydroxylation is 2. The van der Waals surface area contributed by atoms with Crippen molar-refractivity contribution in [2.24, 2.45) is 4.99 Å². The number of phenols is 1. The number of phenolic OH excluding ortho intramolecular Hbond substituents is 1. The van der Waals surface area contributed by atoms with E-state index in [1.807, 2.05) is 51.1 Å². The molecule has 1 unspecified atom stereocenters. The smallest absolute Gasteiger partial charge is 0.191 e. The molecular weight excluding hydrogens is 453 g/mol. The fourth-order valence-electron chi connectivity index (χ4n) is 3.23. The quantitative estimate of drug-likeness (QED) is 0.347. The summed E-state index contributed by atoms with van der Waals surface area (Å²) in [5.74, 6) is 2.12. The van der Waals surface area contributed by atoms with Gasteiger partial charge in [0, 0.05) is 13.0 Å². The van der Waals surface area contributed by atoms with Crippen LogP contribution in [0.15, 0.2) is 41.4 Å². The molecule has 1 atom stereocenters. The summed E-state index contributed by atoms with van der Waals surface area (Å²) in [5, 5.41) is 16.5. The summed E-state index contributed by atoms with van der Waals surface area (Å²) in [6.07, 6.45) is 1.04. The fraction of sp³-hybridized carbons (Fsp3) is 0.381. The number of nitrogens with one attached hydrogen (secondary N) is 2. The molecule has 27 heavy (non-hydrogen) atoms. The van der Waals surface area contributed by atoms with Crippen LogP contribution in [0.25, 0.3) is 0 Å². The minimum Gasteiger partial charge on any atom is -0.507 e. The number of aromatic hydroxyl groups is 1. The second-order valence-corrected chi connectivity index (χ2v) is 6.71. The minimum absolute atomic E-state index is 0. The Morgan fingerprint density at radius 2 is 1.89 bits per heavy atom. The monoisotopic (exact) mass is 481 g/mol. The summed E-state index contributed by atoms with van der Waals surface area (Å²) < 4.78 is 5.97. The highest BCUT2D eigenvalue weighted by molar-refractivity contribution is 14.0. The van der Waals surface area contributed by atoms with Crippen LogP contribution in [0.2, 0.25) is 0 Å². The molecule has 5 nitrogen and oxygen atoms in total. The Balaban J connectivity index is 0.00000261. The van der Waals surface area contributed by atoms with Gasteiger partial charge in [0.1, 0.15) is 17.6 Å². The van der Waals surface area contributed by atoms with Gasteiger partial charge in [-0.3, -0.25) is 0 Å². The summed E-state index contributed by atoms with van der Waals surface area (Å²) in [4.78, 5) is 4.66. The first-order chi connectivity index (χ1) is 12.6. The lowest BCUT2D eigenvalue weighted by molar-refractivity contribution is 0.235. The number of rotatable bonds is 5. The van der Waals surface area contributed by atoms with Crippen molar-refractivity contribution in [2.45, 2.75) is 39.8 Å². The highest BCUT2D eigenvalue weighted by Gasteiger charge is 2.22. The average Bonchev–Trinajstić information content (AvgIpc) is 3.04. The van der Waals surface area contributed by atoms with E-state index < -0.39 is 0 Å². The maximum absolute atomic E-state index is 9.90. The van der Waals surface area contributed by atoms with Gasteiger partial charge in [-0.05, 0) is 49.1 Å². The van der Waals surface area contributed by atoms with Crippen molar-refractivity contribution in [3.8, 4) is 11.5 Å². The van der Waals surface area contributed by atoms with Crippen molar-refractivity contribution in [1.29, 1.82) is 0 Å². The van der Waals surface area contributed by atoms with Crippen molar-refractivity contribution >= 4 is 29.9 Å². The molecular formula is C21H28IN3O2. The number of benzene rings is 2. The van der Waals surface area contributed by atoms with Gasteiger partial charge in [0.25, 0.3) is 0 Å². The normalized spacial score (nSPS) is 15.5. The zero-order valence-corrected chi connectivity index (χ0v) is 18.4. The second kappa shape index (κ2) is 9.82. The van der Waals surface area contributed by atoms with E-state index in [2.05, 4.69) is 21.7 Å². The number of hydrogen-bond donors (Lipinski definition) is 3. The maximum Gasteiger partial charge on any atom is 0.191 e. The molecule has 0 spiro atoms. The molecule has 3 rings (SSSR count). The molecule has 146 valence electrons. The predicted molar refractivity (Wildman–Crippen MR) is 120 cm³/mol. The number of para-hydroxylation sites is 1. The topological polar surface area (TPSA) is 65.9 Å². The Labute approximate surface area is 178 Å². The standard InChI is InChI=1S/C21H27N3O2.HI/c1-4-22-21(23-12-16-9-14(2)20(25)15(3)10-16)24-13-18-11-17-7-5-6-8-19(17)26-18;/h5-10,18,25H,4,11-13H2,1-3H3,(H2,22,23,24);1H. The molecule has 0 saturated carbocycles. The van der Waals surface area contributed by atoms with Crippen LogP contribution < -0.4 is 15.4 Å². The summed E-state index contributed by atoms with van der Waals surface area (Å²) in [5.41, 5.74) is 4.10. The fourth-order valence-corrected chi connectivity index (χ4v) is 3.23. The highest BCUT2D eigenvalue weighted by Crippen LogP contribution is 2.27. The van der Waals surface area contributed by atoms with Crippen LogP contribution in [0.5, 0.6) is 11.5 Å². The van der Waals surface area contributed by atoms with Gasteiger partial charge in [-0.2, -0.15) is 0 Å². The van der Waals surface area contributed by atoms with Crippen LogP contribution in [0.1, 0.15) is 29.2 Å². The summed E-state index contributed by atoms with van der Waals surface area (Å²) in [6.45, 7) is 7.93. The van der Waals surface area contributed by atoms with E-state index in [-0.39, 0.29) is 30.1 Å². The van der Waals surface area contributed by atoms with Gasteiger partial charge in [0.05, 0.1) is 13.1 Å². The summed E-state index contributed by atoms with van der Waals surface area (Å²) >= 11 is 0. The van der Waals surface area contributed by atoms with E-state index in [1.165, 1.54) is 5.56 Å². The van der Waals surface area contributed by atoms with Crippen molar-refractivity contribution in [2.75, 3.05) is 13.1 Å². The first kappa shape index (κ1) is 21.3. The Bertz CT molecular complexity index is 760. The molecule has 0 aromatic heterocycles. The number of aliphatic imine (C=N–C) groups is 1. The Morgan fingerprint density at radius 1 is 1.19 bits per heavy atom. The van der Waals surface area contributed by atoms with E-state index in [0.717, 1.165) is 41.4 Å². The predicted octanol–water partition coefficient (Wildman–Crippen LogP) is 3.69. The molecule has 0 radical (unpaired) electrons. The van der Waals surface area contributed by atoms with Crippen LogP contribution in [0.4, 0.5) is 0 Å². The SMILES string of the molecule is CCNC(=NCc1cc(C)c(O)c(C)c1)NCC1Cc2ccccc2O1.I. The molecule has 0 fully saturated rings. The molecule has 0 saturated heterocycles. The van der Waals surface area contributed by atoms with E-state index in [0.29, 0.717) is 18.8 Å². The summed E-state index contributed by atoms with van der Waals surface area (Å²) in [7, 11) is 0. The summed E-state index contributed by atoms with van der Waals surface area (Å²) in [6, 6.07) is 12.1. The molecule has 0 amide bonds. The Hall–Kier alpha value is -1.96. The average molecular weight is 481 g/mol. The van der Waals surface area contributed by atoms with E-state index in [9.17, 15) is 5.11 Å². The van der Waals surface area contributed by atoms with Gasteiger partial charge in [-0.1, -0.05) is 30.3 Å². The maximum atomic E-state index is 9.90. The number of nitrogens with zero attached hydrogens (tertiary/aromatic N) is 1. The van der Waals surface area contributed by atoms with Crippen LogP contribution in [-0.2, 0) is 13.0 Å². The van der Waals surface area contributed by atoms with Gasteiger partial charge in [0.15, 0.2) is 5.96 Å². The third-order valence-electron chi connectivity index (χ3n) is 4.53. The molecule has 2 aromatic carbocycles. The third kappa shape index (κ3) is 5.51. The first-order valence-corrected chi connectivity index (χ1v) is 9.12. The van der Waals surface area contributed by atoms with Crippen LogP contribution >= 0.6 is 24.0 Å². The molecule has 6 heteroatoms. The van der Waals surface area contributed by atoms with Crippen molar-refractivity contribution in [1.82, 2.24) is 10.6 Å². The Morgan fingerprint density at radius 3 is 2.56 bits per heavy atom. The zero-order valence-electron chi connectivity index (χ0n) is 16.1. The number of guanidine groups is 1. The number of halogens is 1. The van der Waals surface area contributed by atoms with E-state index in [4.69, 9.17) is 4.74 Å². The first-order valence-electron chi connectivity index (χ1n) is 9.12. The number of fused-ring (bicyclic) bond motifs is 1. The van der Waals surface area contributed by atoms with Crippen molar-refractivity contribution < 1.29 is 9.84 Å². The second-order valence-electron chi connectivity index (χ2n) is 6.71. The molecule has 0 aliphatic carbocycles. The number of hydrogen-bond acceptors (Lipinski definition) is 3. The minimum atomic E-state index is 0. The van der Waals surface area contributed by atoms with Gasteiger partial charge in [-0.15, -0.1) is 24.0 Å². The molecule has 3 N–H and O–H groups in total. The van der Waals surface area contributed by atoms with Crippen molar-refractivity contribution in [3.63, 3.8) is 0 Å². The lowest BCUT2D eigenvalue weighted by Crippen LogP contribution is -2.42. The van der Waals surface area contributed by atoms with E-state index >= 15 is 0 Å². The number of ether oxygens (including phenoxy) is 1. The van der Waals surface area contributed by atoms with Gasteiger partial charge in [0.2, 0.25) is 0 Å². The Kier molecular flexibility index (Phi) is 7.77. The van der Waals surface area contributed by atoms with Crippen LogP contribution in [0, 0.1) is 13.8 Å². The van der Waals surface area contributed by atoms with E-state index in [1.54, 1.807) is 0 Å². The van der Waals surface area contributed by atoms with Gasteiger partial charge in [-0.25, -0.2) is 4.99 Å². The molecule has 1 heterocycles. The largest absolute Gasteiger partial charge is 0.507 e. The molecule has 2 aromatic rings. The zero-order chi connectivity index (χ0) is 18.5. The molecule has 1 aliphatic heterocycles. The van der Waals surface area contributed by atoms with Gasteiger partial charge >= 0.3 is 0 Å². The van der Waals surface area contributed by atoms with Crippen molar-refractivity contribution in [3.05, 3.63) is 58.7 Å². The molecule has 0 bridgehead atoms. The molecule has 1 aliphatic rings. The third-order valence-corrected chi connectivity index (χ3v) is 4.53. The lowest BCUT2D eigenvalue weighted by atomic mass is 10.1. The van der Waals surface area contributed by atoms with Crippen LogP contribution in [-0.4, -0.2) is 30.3 Å².